The number of anilines is 2. The molecule has 0 spiro atoms. The maximum Gasteiger partial charge on any atom is 0.341 e. The highest BCUT2D eigenvalue weighted by Crippen LogP contribution is 2.20. The minimum Gasteiger partial charge on any atom is -0.452 e. The van der Waals surface area contributed by atoms with Crippen molar-refractivity contribution in [3.63, 3.8) is 0 Å². The van der Waals surface area contributed by atoms with E-state index in [1.807, 2.05) is 19.9 Å². The van der Waals surface area contributed by atoms with Crippen LogP contribution >= 0.6 is 0 Å². The smallest absolute Gasteiger partial charge is 0.341 e. The molecule has 0 saturated carbocycles. The van der Waals surface area contributed by atoms with Gasteiger partial charge in [-0.25, -0.2) is 4.79 Å². The number of aryl methyl sites for hydroxylation is 2. The van der Waals surface area contributed by atoms with Crippen molar-refractivity contribution in [3.8, 4) is 0 Å². The SMILES string of the molecule is Cc1cc(C)cc(NC(=O)COC(=O)c2cc([N+](=O)[O-])ccc2N)c1. The van der Waals surface area contributed by atoms with E-state index in [1.165, 1.54) is 12.1 Å². The summed E-state index contributed by atoms with van der Waals surface area (Å²) in [5.41, 5.74) is 7.77. The number of hydrogen-bond acceptors (Lipinski definition) is 6. The van der Waals surface area contributed by atoms with Gasteiger partial charge in [0.15, 0.2) is 6.61 Å². The lowest BCUT2D eigenvalue weighted by atomic mass is 10.1. The van der Waals surface area contributed by atoms with E-state index >= 15 is 0 Å². The van der Waals surface area contributed by atoms with E-state index in [0.29, 0.717) is 5.69 Å². The van der Waals surface area contributed by atoms with E-state index < -0.39 is 23.4 Å². The minimum atomic E-state index is -0.906. The van der Waals surface area contributed by atoms with Crippen molar-refractivity contribution in [2.24, 2.45) is 0 Å². The van der Waals surface area contributed by atoms with Crippen LogP contribution in [0.3, 0.4) is 0 Å². The van der Waals surface area contributed by atoms with Gasteiger partial charge in [-0.1, -0.05) is 6.07 Å². The largest absolute Gasteiger partial charge is 0.452 e. The topological polar surface area (TPSA) is 125 Å². The highest BCUT2D eigenvalue weighted by atomic mass is 16.6. The molecule has 0 aliphatic carbocycles. The van der Waals surface area contributed by atoms with Crippen molar-refractivity contribution in [3.05, 3.63) is 63.2 Å². The van der Waals surface area contributed by atoms with Gasteiger partial charge < -0.3 is 15.8 Å². The molecule has 25 heavy (non-hydrogen) atoms. The van der Waals surface area contributed by atoms with E-state index in [0.717, 1.165) is 17.2 Å². The number of nitro benzene ring substituents is 1. The van der Waals surface area contributed by atoms with Gasteiger partial charge in [0, 0.05) is 23.5 Å². The van der Waals surface area contributed by atoms with Gasteiger partial charge in [-0.2, -0.15) is 0 Å². The second-order valence-electron chi connectivity index (χ2n) is 5.53. The van der Waals surface area contributed by atoms with Crippen molar-refractivity contribution >= 4 is 28.9 Å². The molecule has 2 rings (SSSR count). The molecule has 0 fully saturated rings. The lowest BCUT2D eigenvalue weighted by molar-refractivity contribution is -0.384. The molecule has 1 amide bonds. The Kier molecular flexibility index (Phi) is 5.33. The number of hydrogen-bond donors (Lipinski definition) is 2. The Labute approximate surface area is 143 Å². The van der Waals surface area contributed by atoms with E-state index in [2.05, 4.69) is 5.32 Å². The maximum absolute atomic E-state index is 12.0. The number of esters is 1. The van der Waals surface area contributed by atoms with E-state index in [1.54, 1.807) is 12.1 Å². The summed E-state index contributed by atoms with van der Waals surface area (Å²) in [4.78, 5) is 34.0. The van der Waals surface area contributed by atoms with Crippen molar-refractivity contribution in [2.75, 3.05) is 17.7 Å². The normalized spacial score (nSPS) is 10.2. The number of ether oxygens (including phenoxy) is 1. The first-order valence-corrected chi connectivity index (χ1v) is 7.35. The number of amides is 1. The maximum atomic E-state index is 12.0. The number of non-ortho nitro benzene ring substituents is 1. The predicted octanol–water partition coefficient (Wildman–Crippen LogP) is 2.59. The molecule has 0 aliphatic rings. The van der Waals surface area contributed by atoms with Crippen molar-refractivity contribution in [1.82, 2.24) is 0 Å². The van der Waals surface area contributed by atoms with Gasteiger partial charge in [-0.15, -0.1) is 0 Å². The molecule has 2 aromatic carbocycles. The highest BCUT2D eigenvalue weighted by Gasteiger charge is 2.17. The van der Waals surface area contributed by atoms with Crippen LogP contribution in [0.2, 0.25) is 0 Å². The highest BCUT2D eigenvalue weighted by molar-refractivity contribution is 5.98. The van der Waals surface area contributed by atoms with Crippen LogP contribution in [-0.2, 0) is 9.53 Å². The fraction of sp³-hybridized carbons (Fsp3) is 0.176. The Bertz CT molecular complexity index is 828. The van der Waals surface area contributed by atoms with E-state index in [9.17, 15) is 19.7 Å². The van der Waals surface area contributed by atoms with Crippen molar-refractivity contribution in [2.45, 2.75) is 13.8 Å². The Morgan fingerprint density at radius 1 is 1.16 bits per heavy atom. The average molecular weight is 343 g/mol. The van der Waals surface area contributed by atoms with Gasteiger partial charge in [0.2, 0.25) is 0 Å². The van der Waals surface area contributed by atoms with Crippen LogP contribution in [0.4, 0.5) is 17.1 Å². The van der Waals surface area contributed by atoms with Crippen LogP contribution in [0.1, 0.15) is 21.5 Å². The minimum absolute atomic E-state index is 0.0327. The fourth-order valence-corrected chi connectivity index (χ4v) is 2.29. The number of carbonyl (C=O) groups excluding carboxylic acids is 2. The lowest BCUT2D eigenvalue weighted by Crippen LogP contribution is -2.21. The number of carbonyl (C=O) groups is 2. The van der Waals surface area contributed by atoms with Crippen molar-refractivity contribution in [1.29, 1.82) is 0 Å². The number of benzene rings is 2. The number of nitrogens with two attached hydrogens (primary N) is 1. The average Bonchev–Trinajstić information content (AvgIpc) is 2.51. The molecule has 0 heterocycles. The quantitative estimate of drug-likeness (QED) is 0.372. The van der Waals surface area contributed by atoms with Gasteiger partial charge in [-0.05, 0) is 43.2 Å². The van der Waals surface area contributed by atoms with Crippen LogP contribution in [0, 0.1) is 24.0 Å². The zero-order valence-corrected chi connectivity index (χ0v) is 13.7. The Balaban J connectivity index is 2.01. The van der Waals surface area contributed by atoms with E-state index in [-0.39, 0.29) is 16.9 Å². The molecule has 0 bridgehead atoms. The number of rotatable bonds is 5. The lowest BCUT2D eigenvalue weighted by Gasteiger charge is -2.09. The summed E-state index contributed by atoms with van der Waals surface area (Å²) in [6.07, 6.45) is 0. The number of nitrogen functional groups attached to an aromatic ring is 1. The Morgan fingerprint density at radius 3 is 2.40 bits per heavy atom. The molecule has 130 valence electrons. The van der Waals surface area contributed by atoms with Gasteiger partial charge in [-0.3, -0.25) is 14.9 Å². The first-order chi connectivity index (χ1) is 11.8. The summed E-state index contributed by atoms with van der Waals surface area (Å²) in [5.74, 6) is -1.43. The van der Waals surface area contributed by atoms with Crippen LogP contribution < -0.4 is 11.1 Å². The van der Waals surface area contributed by atoms with Crippen LogP contribution in [0.15, 0.2) is 36.4 Å². The van der Waals surface area contributed by atoms with Crippen LogP contribution in [0.5, 0.6) is 0 Å². The van der Waals surface area contributed by atoms with Gasteiger partial charge in [0.05, 0.1) is 10.5 Å². The summed E-state index contributed by atoms with van der Waals surface area (Å²) in [6, 6.07) is 8.96. The number of nitrogens with one attached hydrogen (secondary N) is 1. The molecular weight excluding hydrogens is 326 g/mol. The van der Waals surface area contributed by atoms with Gasteiger partial charge >= 0.3 is 5.97 Å². The monoisotopic (exact) mass is 343 g/mol. The third-order valence-electron chi connectivity index (χ3n) is 3.31. The van der Waals surface area contributed by atoms with Gasteiger partial charge in [0.1, 0.15) is 0 Å². The molecule has 0 atom stereocenters. The standard InChI is InChI=1S/C17H17N3O5/c1-10-5-11(2)7-12(6-10)19-16(21)9-25-17(22)14-8-13(20(23)24)3-4-15(14)18/h3-8H,9,18H2,1-2H3,(H,19,21). The molecule has 0 saturated heterocycles. The first-order valence-electron chi connectivity index (χ1n) is 7.35. The molecule has 8 heteroatoms. The molecule has 8 nitrogen and oxygen atoms in total. The fourth-order valence-electron chi connectivity index (χ4n) is 2.29. The van der Waals surface area contributed by atoms with Crippen molar-refractivity contribution < 1.29 is 19.2 Å². The van der Waals surface area contributed by atoms with Crippen LogP contribution in [0.25, 0.3) is 0 Å². The van der Waals surface area contributed by atoms with E-state index in [4.69, 9.17) is 10.5 Å². The zero-order valence-electron chi connectivity index (χ0n) is 13.7. The summed E-state index contributed by atoms with van der Waals surface area (Å²) in [6.45, 7) is 3.26. The number of nitrogens with zero attached hydrogens (tertiary/aromatic N) is 1. The molecule has 2 aromatic rings. The predicted molar refractivity (Wildman–Crippen MR) is 92.3 cm³/mol. The molecular formula is C17H17N3O5. The Morgan fingerprint density at radius 2 is 1.80 bits per heavy atom. The third-order valence-corrected chi connectivity index (χ3v) is 3.31. The summed E-state index contributed by atoms with van der Waals surface area (Å²) in [5, 5.41) is 13.4. The summed E-state index contributed by atoms with van der Waals surface area (Å²) < 4.78 is 4.88. The zero-order chi connectivity index (χ0) is 18.6. The molecule has 0 unspecified atom stereocenters. The molecule has 0 aromatic heterocycles. The molecule has 0 aliphatic heterocycles. The summed E-state index contributed by atoms with van der Waals surface area (Å²) >= 11 is 0. The van der Waals surface area contributed by atoms with Crippen LogP contribution in [-0.4, -0.2) is 23.4 Å². The molecule has 3 N–H and O–H groups in total. The first kappa shape index (κ1) is 17.9. The second kappa shape index (κ2) is 7.43. The third kappa shape index (κ3) is 4.77. The van der Waals surface area contributed by atoms with Gasteiger partial charge in [0.25, 0.3) is 11.6 Å². The summed E-state index contributed by atoms with van der Waals surface area (Å²) in [7, 11) is 0. The second-order valence-corrected chi connectivity index (χ2v) is 5.53. The Hall–Kier alpha value is -3.42. The number of nitro groups is 1. The molecule has 0 radical (unpaired) electrons.